The maximum absolute atomic E-state index is 11.1. The first-order valence-corrected chi connectivity index (χ1v) is 6.32. The minimum atomic E-state index is -0.290. The van der Waals surface area contributed by atoms with Gasteiger partial charge < -0.3 is 9.47 Å². The van der Waals surface area contributed by atoms with Gasteiger partial charge in [-0.1, -0.05) is 24.3 Å². The molecule has 0 aromatic heterocycles. The van der Waals surface area contributed by atoms with E-state index < -0.39 is 0 Å². The van der Waals surface area contributed by atoms with Crippen LogP contribution in [0.3, 0.4) is 0 Å². The second-order valence-corrected chi connectivity index (χ2v) is 4.34. The molecule has 4 nitrogen and oxygen atoms in total. The Morgan fingerprint density at radius 3 is 2.56 bits per heavy atom. The van der Waals surface area contributed by atoms with Gasteiger partial charge in [-0.25, -0.2) is 4.79 Å². The van der Waals surface area contributed by atoms with Crippen molar-refractivity contribution >= 4 is 5.97 Å². The van der Waals surface area contributed by atoms with E-state index in [4.69, 9.17) is 9.47 Å². The molecule has 1 aliphatic rings. The minimum Gasteiger partial charge on any atom is -0.464 e. The Hall–Kier alpha value is -1.39. The molecule has 1 aromatic carbocycles. The van der Waals surface area contributed by atoms with Crippen LogP contribution in [-0.4, -0.2) is 37.2 Å². The van der Waals surface area contributed by atoms with Crippen LogP contribution in [0.25, 0.3) is 0 Å². The zero-order chi connectivity index (χ0) is 12.8. The predicted molar refractivity (Wildman–Crippen MR) is 68.0 cm³/mol. The smallest absolute Gasteiger partial charge is 0.332 e. The third kappa shape index (κ3) is 3.55. The maximum Gasteiger partial charge on any atom is 0.332 e. The fourth-order valence-electron chi connectivity index (χ4n) is 2.11. The molecule has 0 fully saturated rings. The first kappa shape index (κ1) is 13.1. The molecular weight excluding hydrogens is 230 g/mol. The van der Waals surface area contributed by atoms with Crippen LogP contribution in [0.15, 0.2) is 24.3 Å². The van der Waals surface area contributed by atoms with E-state index in [9.17, 15) is 4.79 Å². The predicted octanol–water partition coefficient (Wildman–Crippen LogP) is 1.58. The van der Waals surface area contributed by atoms with Crippen LogP contribution in [0.1, 0.15) is 18.1 Å². The van der Waals surface area contributed by atoms with Gasteiger partial charge >= 0.3 is 5.97 Å². The van der Waals surface area contributed by atoms with Crippen LogP contribution in [-0.2, 0) is 27.4 Å². The van der Waals surface area contributed by atoms with Gasteiger partial charge in [-0.3, -0.25) is 4.90 Å². The quantitative estimate of drug-likeness (QED) is 0.567. The summed E-state index contributed by atoms with van der Waals surface area (Å²) in [4.78, 5) is 13.4. The highest BCUT2D eigenvalue weighted by Gasteiger charge is 2.17. The van der Waals surface area contributed by atoms with Gasteiger partial charge in [0, 0.05) is 19.6 Å². The van der Waals surface area contributed by atoms with Gasteiger partial charge in [0.2, 0.25) is 0 Å². The molecule has 1 aliphatic heterocycles. The Kier molecular flexibility index (Phi) is 4.73. The fraction of sp³-hybridized carbons (Fsp3) is 0.500. The van der Waals surface area contributed by atoms with Gasteiger partial charge in [0.25, 0.3) is 0 Å². The molecule has 4 heteroatoms. The summed E-state index contributed by atoms with van der Waals surface area (Å²) < 4.78 is 10.1. The molecule has 1 aromatic rings. The van der Waals surface area contributed by atoms with E-state index in [1.807, 2.05) is 0 Å². The number of benzene rings is 1. The lowest BCUT2D eigenvalue weighted by molar-refractivity contribution is -0.148. The number of esters is 1. The Bertz CT molecular complexity index is 381. The number of fused-ring (bicyclic) bond motifs is 1. The summed E-state index contributed by atoms with van der Waals surface area (Å²) in [5, 5.41) is 0. The molecule has 0 atom stereocenters. The Labute approximate surface area is 107 Å². The van der Waals surface area contributed by atoms with Crippen molar-refractivity contribution in [2.75, 3.05) is 26.4 Å². The Morgan fingerprint density at radius 1 is 1.28 bits per heavy atom. The molecular formula is C14H19NO3. The lowest BCUT2D eigenvalue weighted by Crippen LogP contribution is -2.23. The first-order valence-electron chi connectivity index (χ1n) is 6.32. The number of hydrogen-bond donors (Lipinski definition) is 0. The zero-order valence-corrected chi connectivity index (χ0v) is 10.7. The van der Waals surface area contributed by atoms with Crippen molar-refractivity contribution in [2.45, 2.75) is 20.0 Å². The number of ether oxygens (including phenoxy) is 2. The third-order valence-electron chi connectivity index (χ3n) is 2.98. The van der Waals surface area contributed by atoms with Crippen LogP contribution in [0.2, 0.25) is 0 Å². The van der Waals surface area contributed by atoms with Crippen LogP contribution in [0, 0.1) is 0 Å². The molecule has 0 bridgehead atoms. The summed E-state index contributed by atoms with van der Waals surface area (Å²) in [6.07, 6.45) is 0. The molecule has 0 amide bonds. The highest BCUT2D eigenvalue weighted by Crippen LogP contribution is 2.21. The number of carbonyl (C=O) groups is 1. The van der Waals surface area contributed by atoms with Gasteiger partial charge in [0.1, 0.15) is 6.61 Å². The molecule has 0 unspecified atom stereocenters. The monoisotopic (exact) mass is 249 g/mol. The van der Waals surface area contributed by atoms with E-state index in [-0.39, 0.29) is 12.6 Å². The van der Waals surface area contributed by atoms with Crippen LogP contribution in [0.4, 0.5) is 0 Å². The van der Waals surface area contributed by atoms with E-state index in [2.05, 4.69) is 29.2 Å². The number of nitrogens with zero attached hydrogens (tertiary/aromatic N) is 1. The topological polar surface area (TPSA) is 38.8 Å². The van der Waals surface area contributed by atoms with E-state index >= 15 is 0 Å². The van der Waals surface area contributed by atoms with Crippen molar-refractivity contribution in [3.05, 3.63) is 35.4 Å². The second-order valence-electron chi connectivity index (χ2n) is 4.34. The summed E-state index contributed by atoms with van der Waals surface area (Å²) in [6.45, 7) is 5.59. The van der Waals surface area contributed by atoms with Crippen molar-refractivity contribution < 1.29 is 14.3 Å². The summed E-state index contributed by atoms with van der Waals surface area (Å²) in [6, 6.07) is 8.46. The minimum absolute atomic E-state index is 0.0502. The standard InChI is InChI=1S/C14H19NO3/c1-2-18-14(16)11-17-8-7-15-9-12-5-3-4-6-13(12)10-15/h3-6H,2,7-11H2,1H3. The number of hydrogen-bond acceptors (Lipinski definition) is 4. The van der Waals surface area contributed by atoms with Gasteiger partial charge in [-0.05, 0) is 18.1 Å². The van der Waals surface area contributed by atoms with E-state index in [1.165, 1.54) is 11.1 Å². The highest BCUT2D eigenvalue weighted by atomic mass is 16.6. The van der Waals surface area contributed by atoms with Crippen molar-refractivity contribution in [1.29, 1.82) is 0 Å². The maximum atomic E-state index is 11.1. The first-order chi connectivity index (χ1) is 8.79. The highest BCUT2D eigenvalue weighted by molar-refractivity contribution is 5.70. The molecule has 18 heavy (non-hydrogen) atoms. The van der Waals surface area contributed by atoms with E-state index in [0.29, 0.717) is 13.2 Å². The number of carbonyl (C=O) groups excluding carboxylic acids is 1. The normalized spacial score (nSPS) is 14.5. The molecule has 0 spiro atoms. The molecule has 0 saturated heterocycles. The molecule has 98 valence electrons. The van der Waals surface area contributed by atoms with E-state index in [0.717, 1.165) is 19.6 Å². The molecule has 1 heterocycles. The Morgan fingerprint density at radius 2 is 1.94 bits per heavy atom. The van der Waals surface area contributed by atoms with Crippen molar-refractivity contribution in [3.8, 4) is 0 Å². The number of rotatable bonds is 6. The van der Waals surface area contributed by atoms with Gasteiger partial charge in [-0.15, -0.1) is 0 Å². The third-order valence-corrected chi connectivity index (χ3v) is 2.98. The molecule has 2 rings (SSSR count). The Balaban J connectivity index is 1.64. The average molecular weight is 249 g/mol. The van der Waals surface area contributed by atoms with Crippen LogP contribution >= 0.6 is 0 Å². The van der Waals surface area contributed by atoms with E-state index in [1.54, 1.807) is 6.92 Å². The van der Waals surface area contributed by atoms with Crippen LogP contribution in [0.5, 0.6) is 0 Å². The molecule has 0 saturated carbocycles. The average Bonchev–Trinajstić information content (AvgIpc) is 2.77. The van der Waals surface area contributed by atoms with Gasteiger partial charge in [0.15, 0.2) is 0 Å². The lowest BCUT2D eigenvalue weighted by atomic mass is 10.1. The summed E-state index contributed by atoms with van der Waals surface area (Å²) in [5.41, 5.74) is 2.78. The van der Waals surface area contributed by atoms with Crippen molar-refractivity contribution in [1.82, 2.24) is 4.90 Å². The lowest BCUT2D eigenvalue weighted by Gasteiger charge is -2.14. The fourth-order valence-corrected chi connectivity index (χ4v) is 2.11. The summed E-state index contributed by atoms with van der Waals surface area (Å²) in [7, 11) is 0. The van der Waals surface area contributed by atoms with Crippen molar-refractivity contribution in [3.63, 3.8) is 0 Å². The molecule has 0 radical (unpaired) electrons. The van der Waals surface area contributed by atoms with Gasteiger partial charge in [-0.2, -0.15) is 0 Å². The second kappa shape index (κ2) is 6.52. The summed E-state index contributed by atoms with van der Waals surface area (Å²) in [5.74, 6) is -0.290. The zero-order valence-electron chi connectivity index (χ0n) is 10.7. The summed E-state index contributed by atoms with van der Waals surface area (Å²) >= 11 is 0. The van der Waals surface area contributed by atoms with Crippen molar-refractivity contribution in [2.24, 2.45) is 0 Å². The van der Waals surface area contributed by atoms with Crippen LogP contribution < -0.4 is 0 Å². The van der Waals surface area contributed by atoms with Gasteiger partial charge in [0.05, 0.1) is 13.2 Å². The molecule has 0 N–H and O–H groups in total. The largest absolute Gasteiger partial charge is 0.464 e. The molecule has 0 aliphatic carbocycles. The SMILES string of the molecule is CCOC(=O)COCCN1Cc2ccccc2C1.